The fraction of sp³-hybridized carbons (Fsp3) is 0.360. The highest BCUT2D eigenvalue weighted by molar-refractivity contribution is 5.94. The van der Waals surface area contributed by atoms with Crippen LogP contribution >= 0.6 is 0 Å². The molecule has 0 aromatic heterocycles. The molecule has 0 saturated heterocycles. The molecule has 178 valence electrons. The number of carbonyl (C=O) groups excluding carboxylic acids is 2. The lowest BCUT2D eigenvalue weighted by molar-refractivity contribution is -0.140. The first-order valence-corrected chi connectivity index (χ1v) is 10.6. The van der Waals surface area contributed by atoms with Gasteiger partial charge in [0, 0.05) is 22.9 Å². The summed E-state index contributed by atoms with van der Waals surface area (Å²) in [5.74, 6) is 0.540. The monoisotopic (exact) mass is 458 g/mol. The van der Waals surface area contributed by atoms with Gasteiger partial charge in [0.2, 0.25) is 0 Å². The van der Waals surface area contributed by atoms with E-state index < -0.39 is 11.9 Å². The summed E-state index contributed by atoms with van der Waals surface area (Å²) in [6.07, 6.45) is 2.22. The molecule has 2 aromatic carbocycles. The van der Waals surface area contributed by atoms with Crippen LogP contribution in [0.2, 0.25) is 0 Å². The van der Waals surface area contributed by atoms with Gasteiger partial charge in [-0.1, -0.05) is 37.4 Å². The Balaban J connectivity index is 1.82. The molecule has 0 atom stereocenters. The first-order chi connectivity index (χ1) is 16.1. The van der Waals surface area contributed by atoms with Crippen LogP contribution in [0.3, 0.4) is 0 Å². The Kier molecular flexibility index (Phi) is 11.5. The molecule has 33 heavy (non-hydrogen) atoms. The van der Waals surface area contributed by atoms with Gasteiger partial charge in [0.1, 0.15) is 37.9 Å². The highest BCUT2D eigenvalue weighted by atomic mass is 16.6. The third-order valence-corrected chi connectivity index (χ3v) is 4.41. The van der Waals surface area contributed by atoms with Crippen LogP contribution in [0.25, 0.3) is 10.8 Å². The summed E-state index contributed by atoms with van der Waals surface area (Å²) in [4.78, 5) is 21.9. The van der Waals surface area contributed by atoms with Gasteiger partial charge in [-0.3, -0.25) is 0 Å². The first-order valence-electron chi connectivity index (χ1n) is 10.6. The fourth-order valence-electron chi connectivity index (χ4n) is 2.87. The normalized spacial score (nSPS) is 10.5. The second kappa shape index (κ2) is 14.7. The van der Waals surface area contributed by atoms with Crippen molar-refractivity contribution in [1.82, 2.24) is 0 Å². The topological polar surface area (TPSA) is 89.5 Å². The number of aryl methyl sites for hydroxylation is 1. The zero-order valence-electron chi connectivity index (χ0n) is 18.9. The van der Waals surface area contributed by atoms with Gasteiger partial charge in [0.25, 0.3) is 0 Å². The Hall–Kier alpha value is -3.36. The highest BCUT2D eigenvalue weighted by Gasteiger charge is 2.10. The standard InChI is InChI=1S/C25H30O8/c1-4-23(26)31-16-12-28-11-15-30-22-8-6-7-21-20(22)10-9-19(3)25(21)33-18-14-29-13-17-32-24(27)5-2/h4-10H,1-2,11-18H2,3H3. The molecule has 0 N–H and O–H groups in total. The van der Waals surface area contributed by atoms with E-state index >= 15 is 0 Å². The number of fused-ring (bicyclic) bond motifs is 1. The molecular weight excluding hydrogens is 428 g/mol. The average Bonchev–Trinajstić information content (AvgIpc) is 2.83. The van der Waals surface area contributed by atoms with E-state index in [2.05, 4.69) is 13.2 Å². The van der Waals surface area contributed by atoms with Crippen molar-refractivity contribution < 1.29 is 38.0 Å². The number of hydrogen-bond acceptors (Lipinski definition) is 8. The SMILES string of the molecule is C=CC(=O)OCCOCCOc1cccc2c(OCCOCCOC(=O)C=C)c(C)ccc12. The molecule has 0 aliphatic heterocycles. The average molecular weight is 459 g/mol. The lowest BCUT2D eigenvalue weighted by Crippen LogP contribution is -2.13. The van der Waals surface area contributed by atoms with Crippen LogP contribution in [0.15, 0.2) is 55.6 Å². The summed E-state index contributed by atoms with van der Waals surface area (Å²) < 4.78 is 32.4. The Morgan fingerprint density at radius 2 is 1.30 bits per heavy atom. The maximum absolute atomic E-state index is 11.0. The van der Waals surface area contributed by atoms with Gasteiger partial charge >= 0.3 is 11.9 Å². The van der Waals surface area contributed by atoms with E-state index in [1.807, 2.05) is 37.3 Å². The minimum atomic E-state index is -0.473. The summed E-state index contributed by atoms with van der Waals surface area (Å²) in [6.45, 7) is 11.0. The number of carbonyl (C=O) groups is 2. The van der Waals surface area contributed by atoms with Gasteiger partial charge in [-0.15, -0.1) is 0 Å². The maximum atomic E-state index is 11.0. The minimum absolute atomic E-state index is 0.169. The molecule has 0 bridgehead atoms. The van der Waals surface area contributed by atoms with E-state index in [0.717, 1.165) is 40.0 Å². The molecule has 0 saturated carbocycles. The van der Waals surface area contributed by atoms with E-state index in [-0.39, 0.29) is 26.4 Å². The van der Waals surface area contributed by atoms with Crippen molar-refractivity contribution in [3.8, 4) is 11.5 Å². The Labute approximate surface area is 193 Å². The molecule has 0 amide bonds. The maximum Gasteiger partial charge on any atom is 0.330 e. The number of esters is 2. The van der Waals surface area contributed by atoms with Crippen molar-refractivity contribution in [1.29, 1.82) is 0 Å². The fourth-order valence-corrected chi connectivity index (χ4v) is 2.87. The number of rotatable bonds is 16. The second-order valence-corrected chi connectivity index (χ2v) is 6.73. The first kappa shape index (κ1) is 25.9. The van der Waals surface area contributed by atoms with Crippen molar-refractivity contribution in [2.45, 2.75) is 6.92 Å². The predicted octanol–water partition coefficient (Wildman–Crippen LogP) is 3.40. The number of benzene rings is 2. The molecule has 0 aliphatic rings. The molecule has 0 spiro atoms. The van der Waals surface area contributed by atoms with Crippen LogP contribution in [0.4, 0.5) is 0 Å². The minimum Gasteiger partial charge on any atom is -0.491 e. The summed E-state index contributed by atoms with van der Waals surface area (Å²) in [7, 11) is 0. The van der Waals surface area contributed by atoms with Gasteiger partial charge in [-0.05, 0) is 18.6 Å². The van der Waals surface area contributed by atoms with Gasteiger partial charge in [-0.2, -0.15) is 0 Å². The van der Waals surface area contributed by atoms with Crippen molar-refractivity contribution in [3.63, 3.8) is 0 Å². The summed E-state index contributed by atoms with van der Waals surface area (Å²) in [5, 5.41) is 1.86. The van der Waals surface area contributed by atoms with Gasteiger partial charge in [-0.25, -0.2) is 9.59 Å². The predicted molar refractivity (Wildman–Crippen MR) is 124 cm³/mol. The molecule has 0 heterocycles. The Morgan fingerprint density at radius 1 is 0.727 bits per heavy atom. The van der Waals surface area contributed by atoms with Crippen molar-refractivity contribution in [3.05, 3.63) is 61.2 Å². The molecule has 0 radical (unpaired) electrons. The molecule has 8 nitrogen and oxygen atoms in total. The van der Waals surface area contributed by atoms with E-state index in [0.29, 0.717) is 26.4 Å². The van der Waals surface area contributed by atoms with Crippen molar-refractivity contribution in [2.24, 2.45) is 0 Å². The van der Waals surface area contributed by atoms with E-state index in [9.17, 15) is 9.59 Å². The Bertz CT molecular complexity index is 937. The van der Waals surface area contributed by atoms with E-state index in [1.165, 1.54) is 0 Å². The quantitative estimate of drug-likeness (QED) is 0.215. The van der Waals surface area contributed by atoms with Crippen molar-refractivity contribution >= 4 is 22.7 Å². The zero-order valence-corrected chi connectivity index (χ0v) is 18.9. The summed E-state index contributed by atoms with van der Waals surface area (Å²) in [6, 6.07) is 9.74. The molecule has 8 heteroatoms. The largest absolute Gasteiger partial charge is 0.491 e. The molecular formula is C25H30O8. The van der Waals surface area contributed by atoms with Crippen LogP contribution in [0, 0.1) is 6.92 Å². The summed E-state index contributed by atoms with van der Waals surface area (Å²) in [5.41, 5.74) is 0.997. The van der Waals surface area contributed by atoms with E-state index in [1.54, 1.807) is 0 Å². The van der Waals surface area contributed by atoms with Crippen LogP contribution in [-0.2, 0) is 28.5 Å². The van der Waals surface area contributed by atoms with Crippen LogP contribution in [-0.4, -0.2) is 64.8 Å². The number of ether oxygens (including phenoxy) is 6. The Morgan fingerprint density at radius 3 is 1.91 bits per heavy atom. The third kappa shape index (κ3) is 8.96. The second-order valence-electron chi connectivity index (χ2n) is 6.73. The molecule has 0 aliphatic carbocycles. The summed E-state index contributed by atoms with van der Waals surface area (Å²) >= 11 is 0. The third-order valence-electron chi connectivity index (χ3n) is 4.41. The highest BCUT2D eigenvalue weighted by Crippen LogP contribution is 2.34. The smallest absolute Gasteiger partial charge is 0.330 e. The van der Waals surface area contributed by atoms with Gasteiger partial charge < -0.3 is 28.4 Å². The van der Waals surface area contributed by atoms with E-state index in [4.69, 9.17) is 28.4 Å². The molecule has 0 unspecified atom stereocenters. The van der Waals surface area contributed by atoms with Crippen LogP contribution in [0.1, 0.15) is 5.56 Å². The lowest BCUT2D eigenvalue weighted by atomic mass is 10.1. The van der Waals surface area contributed by atoms with Gasteiger partial charge in [0.05, 0.1) is 26.4 Å². The van der Waals surface area contributed by atoms with Crippen molar-refractivity contribution in [2.75, 3.05) is 52.9 Å². The van der Waals surface area contributed by atoms with Crippen LogP contribution < -0.4 is 9.47 Å². The van der Waals surface area contributed by atoms with Gasteiger partial charge in [0.15, 0.2) is 0 Å². The van der Waals surface area contributed by atoms with Crippen LogP contribution in [0.5, 0.6) is 11.5 Å². The molecule has 0 fully saturated rings. The zero-order chi connectivity index (χ0) is 23.9. The number of hydrogen-bond donors (Lipinski definition) is 0. The lowest BCUT2D eigenvalue weighted by Gasteiger charge is -2.15. The molecule has 2 rings (SSSR count). The molecule has 2 aromatic rings.